The first-order valence-corrected chi connectivity index (χ1v) is 4.30. The first kappa shape index (κ1) is 13.9. The van der Waals surface area contributed by atoms with E-state index in [0.717, 1.165) is 0 Å². The highest BCUT2D eigenvalue weighted by Crippen LogP contribution is 2.11. The summed E-state index contributed by atoms with van der Waals surface area (Å²) in [5, 5.41) is 17.7. The molecule has 1 heterocycles. The van der Waals surface area contributed by atoms with Gasteiger partial charge < -0.3 is 21.4 Å². The molecule has 1 aromatic rings. The number of nitrogen functional groups attached to an aromatic ring is 1. The van der Waals surface area contributed by atoms with Crippen molar-refractivity contribution in [2.24, 2.45) is 0 Å². The Morgan fingerprint density at radius 3 is 2.62 bits per heavy atom. The fourth-order valence-corrected chi connectivity index (χ4v) is 1.14. The van der Waals surface area contributed by atoms with Crippen LogP contribution in [0, 0.1) is 0 Å². The molecular weight excluding hydrogens is 218 g/mol. The third kappa shape index (κ3) is 3.58. The number of aromatic amines is 1. The number of hydrogen-bond donors (Lipinski definition) is 4. The van der Waals surface area contributed by atoms with Crippen molar-refractivity contribution in [3.63, 3.8) is 0 Å². The molecule has 0 aliphatic carbocycles. The van der Waals surface area contributed by atoms with Gasteiger partial charge in [-0.3, -0.25) is 14.6 Å². The van der Waals surface area contributed by atoms with E-state index in [-0.39, 0.29) is 36.3 Å². The van der Waals surface area contributed by atoms with Gasteiger partial charge in [-0.2, -0.15) is 4.98 Å². The topological polar surface area (TPSA) is 161 Å². The van der Waals surface area contributed by atoms with Crippen molar-refractivity contribution >= 4 is 11.9 Å². The maximum atomic E-state index is 11.3. The van der Waals surface area contributed by atoms with Crippen molar-refractivity contribution in [2.75, 3.05) is 5.73 Å². The molecule has 0 fully saturated rings. The number of hydrogen-bond acceptors (Lipinski definition) is 5. The third-order valence-electron chi connectivity index (χ3n) is 1.83. The summed E-state index contributed by atoms with van der Waals surface area (Å²) in [6.45, 7) is 0. The molecule has 0 aromatic carbocycles. The van der Waals surface area contributed by atoms with E-state index in [2.05, 4.69) is 9.97 Å². The summed E-state index contributed by atoms with van der Waals surface area (Å²) in [4.78, 5) is 27.2. The van der Waals surface area contributed by atoms with Crippen LogP contribution in [0.2, 0.25) is 0 Å². The Labute approximate surface area is 90.1 Å². The molecular formula is C8H13N3O5. The summed E-state index contributed by atoms with van der Waals surface area (Å²) < 4.78 is 0. The molecule has 0 aliphatic heterocycles. The fraction of sp³-hybridized carbons (Fsp3) is 0.375. The number of nitrogens with one attached hydrogen (secondary N) is 1. The Balaban J connectivity index is 0.00000225. The van der Waals surface area contributed by atoms with Crippen molar-refractivity contribution in [3.05, 3.63) is 15.9 Å². The molecule has 16 heavy (non-hydrogen) atoms. The number of aromatic nitrogens is 2. The molecule has 0 amide bonds. The minimum atomic E-state index is -0.950. The van der Waals surface area contributed by atoms with Crippen LogP contribution in [0.25, 0.3) is 0 Å². The number of aromatic hydroxyl groups is 1. The number of aliphatic carboxylic acids is 1. The summed E-state index contributed by atoms with van der Waals surface area (Å²) in [6.07, 6.45) is 0.349. The highest BCUT2D eigenvalue weighted by atomic mass is 16.4. The van der Waals surface area contributed by atoms with Crippen LogP contribution in [0.3, 0.4) is 0 Å². The first-order chi connectivity index (χ1) is 7.00. The highest BCUT2D eigenvalue weighted by molar-refractivity contribution is 5.66. The standard InChI is InChI=1S/C8H11N3O4.H2O/c9-8-10-6(14)4(7(15)11-8)2-1-3-5(12)13;/h1-3H2,(H,12,13)(H4,9,10,11,14,15);1H2. The molecule has 0 spiro atoms. The molecule has 0 unspecified atom stereocenters. The Hall–Kier alpha value is -2.09. The lowest BCUT2D eigenvalue weighted by atomic mass is 10.1. The van der Waals surface area contributed by atoms with E-state index in [1.807, 2.05) is 0 Å². The Bertz CT molecular complexity index is 428. The van der Waals surface area contributed by atoms with Gasteiger partial charge in [-0.05, 0) is 12.8 Å². The molecule has 0 atom stereocenters. The summed E-state index contributed by atoms with van der Waals surface area (Å²) in [5.74, 6) is -1.56. The summed E-state index contributed by atoms with van der Waals surface area (Å²) >= 11 is 0. The quantitative estimate of drug-likeness (QED) is 0.500. The van der Waals surface area contributed by atoms with Crippen LogP contribution >= 0.6 is 0 Å². The molecule has 0 bridgehead atoms. The van der Waals surface area contributed by atoms with Crippen molar-refractivity contribution in [1.82, 2.24) is 9.97 Å². The van der Waals surface area contributed by atoms with E-state index in [0.29, 0.717) is 0 Å². The number of nitrogens with zero attached hydrogens (tertiary/aromatic N) is 1. The second kappa shape index (κ2) is 5.71. The van der Waals surface area contributed by atoms with Crippen molar-refractivity contribution in [2.45, 2.75) is 19.3 Å². The van der Waals surface area contributed by atoms with Gasteiger partial charge in [-0.15, -0.1) is 0 Å². The number of carboxylic acid groups (broad SMARTS) is 1. The monoisotopic (exact) mass is 231 g/mol. The number of H-pyrrole nitrogens is 1. The van der Waals surface area contributed by atoms with E-state index in [9.17, 15) is 14.7 Å². The largest absolute Gasteiger partial charge is 0.493 e. The Morgan fingerprint density at radius 1 is 1.50 bits per heavy atom. The lowest BCUT2D eigenvalue weighted by molar-refractivity contribution is -0.137. The number of anilines is 1. The number of carbonyl (C=O) groups is 1. The number of carboxylic acids is 1. The van der Waals surface area contributed by atoms with Gasteiger partial charge in [0.25, 0.3) is 5.56 Å². The van der Waals surface area contributed by atoms with Gasteiger partial charge in [-0.25, -0.2) is 0 Å². The Kier molecular flexibility index (Phi) is 4.96. The number of rotatable bonds is 4. The maximum absolute atomic E-state index is 11.3. The van der Waals surface area contributed by atoms with Crippen molar-refractivity contribution in [1.29, 1.82) is 0 Å². The van der Waals surface area contributed by atoms with Crippen LogP contribution in [0.15, 0.2) is 4.79 Å². The first-order valence-electron chi connectivity index (χ1n) is 4.30. The Morgan fingerprint density at radius 2 is 2.12 bits per heavy atom. The molecule has 0 aliphatic rings. The van der Waals surface area contributed by atoms with Gasteiger partial charge in [0.2, 0.25) is 11.8 Å². The lowest BCUT2D eigenvalue weighted by Gasteiger charge is -2.02. The molecule has 1 rings (SSSR count). The normalized spacial score (nSPS) is 9.50. The molecule has 0 saturated heterocycles. The van der Waals surface area contributed by atoms with Gasteiger partial charge in [0.05, 0.1) is 5.56 Å². The van der Waals surface area contributed by atoms with E-state index in [4.69, 9.17) is 10.8 Å². The van der Waals surface area contributed by atoms with Gasteiger partial charge in [0.1, 0.15) is 0 Å². The van der Waals surface area contributed by atoms with Crippen LogP contribution < -0.4 is 11.3 Å². The summed E-state index contributed by atoms with van der Waals surface area (Å²) in [7, 11) is 0. The molecule has 1 aromatic heterocycles. The molecule has 0 saturated carbocycles. The van der Waals surface area contributed by atoms with E-state index >= 15 is 0 Å². The maximum Gasteiger partial charge on any atom is 0.303 e. The van der Waals surface area contributed by atoms with Gasteiger partial charge in [-0.1, -0.05) is 0 Å². The van der Waals surface area contributed by atoms with Crippen LogP contribution in [0.4, 0.5) is 5.95 Å². The second-order valence-corrected chi connectivity index (χ2v) is 3.00. The molecule has 0 radical (unpaired) electrons. The lowest BCUT2D eigenvalue weighted by Crippen LogP contribution is -2.16. The zero-order chi connectivity index (χ0) is 11.4. The van der Waals surface area contributed by atoms with Crippen molar-refractivity contribution in [3.8, 4) is 5.88 Å². The predicted octanol–water partition coefficient (Wildman–Crippen LogP) is -1.36. The minimum Gasteiger partial charge on any atom is -0.493 e. The third-order valence-corrected chi connectivity index (χ3v) is 1.83. The van der Waals surface area contributed by atoms with Gasteiger partial charge in [0.15, 0.2) is 0 Å². The molecule has 90 valence electrons. The summed E-state index contributed by atoms with van der Waals surface area (Å²) in [5.41, 5.74) is 4.71. The van der Waals surface area contributed by atoms with Crippen LogP contribution in [0.1, 0.15) is 18.4 Å². The molecule has 7 N–H and O–H groups in total. The van der Waals surface area contributed by atoms with E-state index in [1.165, 1.54) is 0 Å². The predicted molar refractivity (Wildman–Crippen MR) is 55.1 cm³/mol. The van der Waals surface area contributed by atoms with E-state index in [1.54, 1.807) is 0 Å². The molecule has 8 nitrogen and oxygen atoms in total. The second-order valence-electron chi connectivity index (χ2n) is 3.00. The SMILES string of the molecule is Nc1nc(O)c(CCCC(=O)O)c(=O)[nH]1.O. The average Bonchev–Trinajstić information content (AvgIpc) is 2.08. The van der Waals surface area contributed by atoms with Crippen LogP contribution in [0.5, 0.6) is 5.88 Å². The van der Waals surface area contributed by atoms with Crippen LogP contribution in [-0.2, 0) is 11.2 Å². The van der Waals surface area contributed by atoms with Gasteiger partial charge in [0, 0.05) is 6.42 Å². The smallest absolute Gasteiger partial charge is 0.303 e. The highest BCUT2D eigenvalue weighted by Gasteiger charge is 2.09. The fourth-order valence-electron chi connectivity index (χ4n) is 1.14. The van der Waals surface area contributed by atoms with Crippen molar-refractivity contribution < 1.29 is 20.5 Å². The average molecular weight is 231 g/mol. The zero-order valence-electron chi connectivity index (χ0n) is 8.36. The minimum absolute atomic E-state index is 0. The van der Waals surface area contributed by atoms with E-state index < -0.39 is 17.4 Å². The van der Waals surface area contributed by atoms with Gasteiger partial charge >= 0.3 is 5.97 Å². The zero-order valence-corrected chi connectivity index (χ0v) is 8.36. The number of nitrogens with two attached hydrogens (primary N) is 1. The molecule has 8 heteroatoms. The van der Waals surface area contributed by atoms with Crippen LogP contribution in [-0.4, -0.2) is 31.6 Å². The summed E-state index contributed by atoms with van der Waals surface area (Å²) in [6, 6.07) is 0.